The number of ether oxygens (including phenoxy) is 2. The molecule has 274 valence electrons. The first-order valence-electron chi connectivity index (χ1n) is 18.3. The summed E-state index contributed by atoms with van der Waals surface area (Å²) in [5, 5.41) is 13.1. The average Bonchev–Trinajstić information content (AvgIpc) is 3.52. The largest absolute Gasteiger partial charge is 0.493 e. The van der Waals surface area contributed by atoms with Crippen LogP contribution in [0.4, 0.5) is 13.2 Å². The minimum absolute atomic E-state index is 0.167. The van der Waals surface area contributed by atoms with Crippen LogP contribution in [0.3, 0.4) is 0 Å². The average molecular weight is 721 g/mol. The van der Waals surface area contributed by atoms with E-state index in [1.165, 1.54) is 18.2 Å². The van der Waals surface area contributed by atoms with Gasteiger partial charge in [0.15, 0.2) is 11.5 Å². The second kappa shape index (κ2) is 13.5. The van der Waals surface area contributed by atoms with Gasteiger partial charge in [0.05, 0.1) is 29.7 Å². The Bertz CT molecular complexity index is 2000. The number of methoxy groups -OCH3 is 1. The van der Waals surface area contributed by atoms with E-state index in [4.69, 9.17) is 9.47 Å². The Balaban J connectivity index is 1.25. The van der Waals surface area contributed by atoms with E-state index < -0.39 is 34.9 Å². The molecule has 8 rings (SSSR count). The number of alkyl halides is 3. The van der Waals surface area contributed by atoms with Gasteiger partial charge in [-0.1, -0.05) is 84.9 Å². The zero-order valence-corrected chi connectivity index (χ0v) is 29.6. The molecule has 1 saturated heterocycles. The maximum atomic E-state index is 14.8. The smallest absolute Gasteiger partial charge is 0.416 e. The van der Waals surface area contributed by atoms with E-state index in [1.807, 2.05) is 53.4 Å². The van der Waals surface area contributed by atoms with Crippen molar-refractivity contribution in [1.82, 2.24) is 9.80 Å². The minimum atomic E-state index is -4.51. The molecule has 1 spiro atoms. The van der Waals surface area contributed by atoms with E-state index >= 15 is 0 Å². The lowest BCUT2D eigenvalue weighted by atomic mass is 9.48. The number of benzene rings is 4. The van der Waals surface area contributed by atoms with E-state index in [0.29, 0.717) is 43.7 Å². The van der Waals surface area contributed by atoms with Crippen molar-refractivity contribution in [2.24, 2.45) is 0 Å². The molecule has 0 aromatic heterocycles. The maximum Gasteiger partial charge on any atom is 0.416 e. The molecule has 2 bridgehead atoms. The Morgan fingerprint density at radius 1 is 1.04 bits per heavy atom. The Labute approximate surface area is 308 Å². The molecule has 0 radical (unpaired) electrons. The molecule has 6 nitrogen and oxygen atoms in total. The van der Waals surface area contributed by atoms with Gasteiger partial charge in [0, 0.05) is 36.7 Å². The first-order valence-corrected chi connectivity index (χ1v) is 18.3. The van der Waals surface area contributed by atoms with Crippen molar-refractivity contribution in [3.8, 4) is 11.5 Å². The number of likely N-dealkylation sites (tertiary alicyclic amines) is 1. The van der Waals surface area contributed by atoms with Gasteiger partial charge in [-0.3, -0.25) is 9.69 Å². The van der Waals surface area contributed by atoms with E-state index in [2.05, 4.69) is 41.8 Å². The zero-order valence-electron chi connectivity index (χ0n) is 29.6. The van der Waals surface area contributed by atoms with Gasteiger partial charge in [0.25, 0.3) is 0 Å². The first-order chi connectivity index (χ1) is 25.6. The fraction of sp³-hybridized carbons (Fsp3) is 0.341. The monoisotopic (exact) mass is 720 g/mol. The van der Waals surface area contributed by atoms with Crippen LogP contribution in [-0.2, 0) is 22.8 Å². The number of piperidine rings is 1. The van der Waals surface area contributed by atoms with Crippen LogP contribution < -0.4 is 9.47 Å². The Hall–Kier alpha value is -4.86. The summed E-state index contributed by atoms with van der Waals surface area (Å²) >= 11 is 0. The molecule has 0 unspecified atom stereocenters. The molecule has 4 aromatic carbocycles. The Kier molecular flexibility index (Phi) is 8.98. The predicted octanol–water partition coefficient (Wildman–Crippen LogP) is 7.80. The minimum Gasteiger partial charge on any atom is -0.493 e. The third-order valence-electron chi connectivity index (χ3n) is 12.2. The van der Waals surface area contributed by atoms with Crippen LogP contribution in [0, 0.1) is 0 Å². The standard InChI is InChI=1S/C44H43F3N2O4/c1-3-24-48-25-23-42-39-32-18-19-36(52-2)40(39)53-41(42)35(21-22-43(42,51)37(48)27-32)49(38(50)20-17-29-11-10-16-33(26-29)44(45,46)47)28-34(30-12-6-4-7-13-30)31-14-8-5-9-15-31/h3-20,26,34-35,37,41,51H,1,21-25,27-28H2,2H3/t35-,37+,41-,42-,43+/m0/s1. The highest BCUT2D eigenvalue weighted by Crippen LogP contribution is 2.66. The molecular weight excluding hydrogens is 677 g/mol. The highest BCUT2D eigenvalue weighted by molar-refractivity contribution is 5.92. The number of carbonyl (C=O) groups is 1. The van der Waals surface area contributed by atoms with E-state index in [1.54, 1.807) is 13.2 Å². The first kappa shape index (κ1) is 35.2. The second-order valence-electron chi connectivity index (χ2n) is 14.7. The molecular formula is C44H43F3N2O4. The number of hydrogen-bond donors (Lipinski definition) is 1. The quantitative estimate of drug-likeness (QED) is 0.134. The fourth-order valence-corrected chi connectivity index (χ4v) is 9.90. The summed E-state index contributed by atoms with van der Waals surface area (Å²) in [4.78, 5) is 19.0. The number of halogens is 3. The number of hydrogen-bond acceptors (Lipinski definition) is 5. The number of carbonyl (C=O) groups excluding carboxylic acids is 1. The third kappa shape index (κ3) is 5.76. The second-order valence-corrected chi connectivity index (χ2v) is 14.7. The topological polar surface area (TPSA) is 62.2 Å². The van der Waals surface area contributed by atoms with Gasteiger partial charge < -0.3 is 19.5 Å². The van der Waals surface area contributed by atoms with E-state index in [-0.39, 0.29) is 30.0 Å². The van der Waals surface area contributed by atoms with Crippen molar-refractivity contribution in [3.63, 3.8) is 0 Å². The number of aliphatic hydroxyl groups is 1. The van der Waals surface area contributed by atoms with Crippen LogP contribution in [0.2, 0.25) is 0 Å². The molecule has 1 N–H and O–H groups in total. The molecule has 4 aliphatic rings. The molecule has 53 heavy (non-hydrogen) atoms. The highest BCUT2D eigenvalue weighted by atomic mass is 19.4. The van der Waals surface area contributed by atoms with Gasteiger partial charge in [0.2, 0.25) is 5.91 Å². The van der Waals surface area contributed by atoms with Crippen LogP contribution >= 0.6 is 0 Å². The van der Waals surface area contributed by atoms with Crippen molar-refractivity contribution in [1.29, 1.82) is 0 Å². The summed E-state index contributed by atoms with van der Waals surface area (Å²) in [6.07, 6.45) is 1.79. The molecule has 5 atom stereocenters. The van der Waals surface area contributed by atoms with Crippen molar-refractivity contribution < 1.29 is 32.5 Å². The lowest BCUT2D eigenvalue weighted by molar-refractivity contribution is -0.199. The molecule has 4 aromatic rings. The van der Waals surface area contributed by atoms with Crippen molar-refractivity contribution in [3.05, 3.63) is 149 Å². The van der Waals surface area contributed by atoms with Gasteiger partial charge in [0.1, 0.15) is 6.10 Å². The van der Waals surface area contributed by atoms with Gasteiger partial charge in [-0.25, -0.2) is 0 Å². The normalized spacial score (nSPS) is 25.9. The van der Waals surface area contributed by atoms with Crippen LogP contribution in [0.15, 0.2) is 116 Å². The summed E-state index contributed by atoms with van der Waals surface area (Å²) in [6, 6.07) is 28.4. The summed E-state index contributed by atoms with van der Waals surface area (Å²) in [5.74, 6) is 0.665. The molecule has 2 heterocycles. The van der Waals surface area contributed by atoms with Crippen LogP contribution in [0.1, 0.15) is 58.6 Å². The molecule has 2 aliphatic carbocycles. The van der Waals surface area contributed by atoms with Crippen molar-refractivity contribution in [2.45, 2.75) is 67.0 Å². The Morgan fingerprint density at radius 2 is 1.75 bits per heavy atom. The van der Waals surface area contributed by atoms with Crippen LogP contribution in [0.25, 0.3) is 6.08 Å². The third-order valence-corrected chi connectivity index (χ3v) is 12.2. The summed E-state index contributed by atoms with van der Waals surface area (Å²) in [5.41, 5.74) is 1.70. The molecule has 1 saturated carbocycles. The van der Waals surface area contributed by atoms with Gasteiger partial charge >= 0.3 is 6.18 Å². The van der Waals surface area contributed by atoms with Crippen LogP contribution in [-0.4, -0.2) is 71.3 Å². The number of rotatable bonds is 10. The summed E-state index contributed by atoms with van der Waals surface area (Å²) in [7, 11) is 1.61. The van der Waals surface area contributed by atoms with Crippen molar-refractivity contribution in [2.75, 3.05) is 26.7 Å². The summed E-state index contributed by atoms with van der Waals surface area (Å²) < 4.78 is 53.7. The lowest BCUT2D eigenvalue weighted by Crippen LogP contribution is -2.78. The van der Waals surface area contributed by atoms with Gasteiger partial charge in [-0.15, -0.1) is 6.58 Å². The highest BCUT2D eigenvalue weighted by Gasteiger charge is 2.73. The zero-order chi connectivity index (χ0) is 37.0. The fourth-order valence-electron chi connectivity index (χ4n) is 9.90. The molecule has 9 heteroatoms. The predicted molar refractivity (Wildman–Crippen MR) is 198 cm³/mol. The SMILES string of the molecule is C=CCN1CC[C@]23c4c5ccc(OC)c4O[C@H]2[C@@H](N(CC(c2ccccc2)c2ccccc2)C(=O)C=Cc2cccc(C(F)(F)F)c2)CC[C@@]3(O)[C@H]1C5. The maximum absolute atomic E-state index is 14.8. The molecule has 2 fully saturated rings. The van der Waals surface area contributed by atoms with Gasteiger partial charge in [-0.2, -0.15) is 13.2 Å². The lowest BCUT2D eigenvalue weighted by Gasteiger charge is -2.64. The van der Waals surface area contributed by atoms with Crippen molar-refractivity contribution >= 4 is 12.0 Å². The Morgan fingerprint density at radius 3 is 2.42 bits per heavy atom. The van der Waals surface area contributed by atoms with E-state index in [0.717, 1.165) is 40.9 Å². The molecule has 2 aliphatic heterocycles. The van der Waals surface area contributed by atoms with Gasteiger partial charge in [-0.05, 0) is 78.8 Å². The molecule has 1 amide bonds. The van der Waals surface area contributed by atoms with Crippen LogP contribution in [0.5, 0.6) is 11.5 Å². The summed E-state index contributed by atoms with van der Waals surface area (Å²) in [6.45, 7) is 5.65. The number of amides is 1. The number of nitrogens with zero attached hydrogens (tertiary/aromatic N) is 2. The van der Waals surface area contributed by atoms with E-state index in [9.17, 15) is 23.1 Å².